The number of rotatable bonds is 1. The average Bonchev–Trinajstić information content (AvgIpc) is 2.14. The van der Waals surface area contributed by atoms with Crippen molar-refractivity contribution < 1.29 is 4.21 Å². The Morgan fingerprint density at radius 2 is 2.71 bits per heavy atom. The number of nitrogens with zero attached hydrogens (tertiary/aromatic N) is 1. The summed E-state index contributed by atoms with van der Waals surface area (Å²) < 4.78 is 13.6. The van der Waals surface area contributed by atoms with Gasteiger partial charge in [-0.3, -0.25) is 0 Å². The van der Waals surface area contributed by atoms with E-state index in [9.17, 15) is 4.21 Å². The second kappa shape index (κ2) is 2.09. The summed E-state index contributed by atoms with van der Waals surface area (Å²) in [5.41, 5.74) is 0. The summed E-state index contributed by atoms with van der Waals surface area (Å²) in [7, 11) is 0. The van der Waals surface area contributed by atoms with Crippen LogP contribution in [0.15, 0.2) is 16.5 Å². The zero-order chi connectivity index (χ0) is 5.11. The third-order valence-corrected chi connectivity index (χ3v) is 1.57. The lowest BCUT2D eigenvalue weighted by Gasteiger charge is -1.45. The first-order valence-corrected chi connectivity index (χ1v) is 3.21. The summed E-state index contributed by atoms with van der Waals surface area (Å²) in [6.45, 7) is 0. The third-order valence-electron chi connectivity index (χ3n) is 0.500. The Labute approximate surface area is 48.8 Å². The molecule has 0 radical (unpaired) electrons. The van der Waals surface area contributed by atoms with E-state index < -0.39 is 0 Å². The molecule has 0 amide bonds. The largest absolute Gasteiger partial charge is 0.528 e. The van der Waals surface area contributed by atoms with Crippen molar-refractivity contribution in [2.24, 2.45) is 0 Å². The Bertz CT molecular complexity index is 148. The molecule has 0 saturated heterocycles. The molecule has 0 aliphatic rings. The highest BCUT2D eigenvalue weighted by atomic mass is 32.1. The average molecular weight is 132 g/mol. The van der Waals surface area contributed by atoms with Gasteiger partial charge < -0.3 is 0 Å². The summed E-state index contributed by atoms with van der Waals surface area (Å²) in [6.07, 6.45) is 0. The van der Waals surface area contributed by atoms with Crippen LogP contribution in [0, 0.1) is 0 Å². The maximum absolute atomic E-state index is 9.85. The molecule has 4 heteroatoms. The van der Waals surface area contributed by atoms with Crippen LogP contribution in [0.5, 0.6) is 0 Å². The van der Waals surface area contributed by atoms with Crippen molar-refractivity contribution in [3.63, 3.8) is 0 Å². The van der Waals surface area contributed by atoms with E-state index in [1.165, 1.54) is 11.5 Å². The Balaban J connectivity index is 2.96. The normalized spacial score (nSPS) is 8.57. The molecule has 1 aromatic heterocycles. The van der Waals surface area contributed by atoms with E-state index in [1.54, 1.807) is 11.4 Å². The lowest BCUT2D eigenvalue weighted by molar-refractivity contribution is 0.604. The van der Waals surface area contributed by atoms with Gasteiger partial charge in [-0.05, 0) is 11.5 Å². The minimum atomic E-state index is 0.425. The highest BCUT2D eigenvalue weighted by Gasteiger charge is 2.05. The lowest BCUT2D eigenvalue weighted by atomic mass is 10.8. The van der Waals surface area contributed by atoms with Crippen molar-refractivity contribution in [3.8, 4) is 0 Å². The van der Waals surface area contributed by atoms with Crippen molar-refractivity contribution in [2.75, 3.05) is 0 Å². The molecule has 2 nitrogen and oxygen atoms in total. The number of hydrogen-bond donors (Lipinski definition) is 0. The maximum atomic E-state index is 9.85. The molecule has 0 atom stereocenters. The van der Waals surface area contributed by atoms with E-state index in [-0.39, 0.29) is 0 Å². The van der Waals surface area contributed by atoms with E-state index in [0.29, 0.717) is 16.7 Å². The Hall–Kier alpha value is -0.350. The van der Waals surface area contributed by atoms with Gasteiger partial charge >= 0.3 is 16.7 Å². The predicted molar refractivity (Wildman–Crippen MR) is 28.4 cm³/mol. The van der Waals surface area contributed by atoms with E-state index in [4.69, 9.17) is 0 Å². The fourth-order valence-corrected chi connectivity index (χ4v) is 1.12. The van der Waals surface area contributed by atoms with Crippen LogP contribution in [0.25, 0.3) is 0 Å². The quantitative estimate of drug-likeness (QED) is 0.532. The number of aromatic nitrogens is 1. The van der Waals surface area contributed by atoms with Gasteiger partial charge in [0.15, 0.2) is 0 Å². The van der Waals surface area contributed by atoms with Gasteiger partial charge in [0.2, 0.25) is 0 Å². The van der Waals surface area contributed by atoms with E-state index in [1.807, 2.05) is 0 Å². The molecule has 0 unspecified atom stereocenters. The highest BCUT2D eigenvalue weighted by molar-refractivity contribution is 7.65. The predicted octanol–water partition coefficient (Wildman–Crippen LogP) is 0.930. The zero-order valence-electron chi connectivity index (χ0n) is 3.33. The van der Waals surface area contributed by atoms with Gasteiger partial charge in [-0.2, -0.15) is 0 Å². The monoisotopic (exact) mass is 132 g/mol. The molecule has 7 heavy (non-hydrogen) atoms. The molecule has 0 spiro atoms. The van der Waals surface area contributed by atoms with Crippen LogP contribution in [-0.2, 0) is 15.9 Å². The minimum absolute atomic E-state index is 0.425. The van der Waals surface area contributed by atoms with Crippen molar-refractivity contribution in [3.05, 3.63) is 11.4 Å². The Morgan fingerprint density at radius 3 is 3.00 bits per heavy atom. The third kappa shape index (κ3) is 1.01. The van der Waals surface area contributed by atoms with Crippen LogP contribution >= 0.6 is 11.5 Å². The fraction of sp³-hybridized carbons (Fsp3) is 0. The van der Waals surface area contributed by atoms with Crippen molar-refractivity contribution in [1.82, 2.24) is 4.37 Å². The molecular formula is C3H2NOS2+. The van der Waals surface area contributed by atoms with Crippen molar-refractivity contribution in [1.29, 1.82) is 0 Å². The van der Waals surface area contributed by atoms with Crippen molar-refractivity contribution in [2.45, 2.75) is 5.03 Å². The van der Waals surface area contributed by atoms with E-state index >= 15 is 0 Å². The Morgan fingerprint density at radius 1 is 1.86 bits per heavy atom. The molecule has 0 fully saturated rings. The summed E-state index contributed by atoms with van der Waals surface area (Å²) in [6, 6.07) is 1.70. The molecule has 0 aliphatic heterocycles. The highest BCUT2D eigenvalue weighted by Crippen LogP contribution is 1.96. The topological polar surface area (TPSA) is 30.0 Å². The summed E-state index contributed by atoms with van der Waals surface area (Å²) >= 11 is 1.72. The van der Waals surface area contributed by atoms with Crippen LogP contribution in [-0.4, -0.2) is 4.37 Å². The standard InChI is InChI=1S/C3H2NOS2/c5-7-3-1-2-6-4-3/h1-2H/q+1. The van der Waals surface area contributed by atoms with Crippen LogP contribution < -0.4 is 0 Å². The molecule has 0 aliphatic carbocycles. The van der Waals surface area contributed by atoms with Gasteiger partial charge in [-0.25, -0.2) is 0 Å². The molecular weight excluding hydrogens is 130 g/mol. The second-order valence-corrected chi connectivity index (χ2v) is 2.17. The minimum Gasteiger partial charge on any atom is -0.131 e. The van der Waals surface area contributed by atoms with Crippen LogP contribution in [0.3, 0.4) is 0 Å². The molecule has 0 aromatic carbocycles. The molecule has 0 bridgehead atoms. The second-order valence-electron chi connectivity index (χ2n) is 0.921. The van der Waals surface area contributed by atoms with Crippen LogP contribution in [0.1, 0.15) is 0 Å². The molecule has 1 aromatic rings. The summed E-state index contributed by atoms with van der Waals surface area (Å²) in [5.74, 6) is 0. The van der Waals surface area contributed by atoms with Gasteiger partial charge in [-0.1, -0.05) is 0 Å². The fourth-order valence-electron chi connectivity index (χ4n) is 0.244. The molecule has 1 rings (SSSR count). The van der Waals surface area contributed by atoms with E-state index in [0.717, 1.165) is 0 Å². The van der Waals surface area contributed by atoms with Crippen molar-refractivity contribution >= 4 is 23.2 Å². The van der Waals surface area contributed by atoms with Gasteiger partial charge in [0.1, 0.15) is 0 Å². The summed E-state index contributed by atoms with van der Waals surface area (Å²) in [4.78, 5) is 0. The van der Waals surface area contributed by atoms with Gasteiger partial charge in [0.05, 0.1) is 0 Å². The van der Waals surface area contributed by atoms with Gasteiger partial charge in [-0.15, -0.1) is 4.37 Å². The van der Waals surface area contributed by atoms with Crippen LogP contribution in [0.2, 0.25) is 0 Å². The summed E-state index contributed by atoms with van der Waals surface area (Å²) in [5, 5.41) is 2.34. The van der Waals surface area contributed by atoms with E-state index in [2.05, 4.69) is 4.37 Å². The maximum Gasteiger partial charge on any atom is 0.528 e. The van der Waals surface area contributed by atoms with Gasteiger partial charge in [0, 0.05) is 15.7 Å². The smallest absolute Gasteiger partial charge is 0.131 e. The van der Waals surface area contributed by atoms with Gasteiger partial charge in [0.25, 0.3) is 0 Å². The Kier molecular flexibility index (Phi) is 1.43. The first kappa shape index (κ1) is 4.80. The number of hydrogen-bond acceptors (Lipinski definition) is 3. The molecule has 1 heterocycles. The first-order valence-electron chi connectivity index (χ1n) is 1.63. The SMILES string of the molecule is O=[S+]c1ccsn1. The molecule has 36 valence electrons. The zero-order valence-corrected chi connectivity index (χ0v) is 4.96. The molecule has 0 N–H and O–H groups in total. The lowest BCUT2D eigenvalue weighted by Crippen LogP contribution is -1.63. The first-order chi connectivity index (χ1) is 3.43. The van der Waals surface area contributed by atoms with Crippen LogP contribution in [0.4, 0.5) is 0 Å². The molecule has 0 saturated carbocycles.